The summed E-state index contributed by atoms with van der Waals surface area (Å²) in [5.74, 6) is -0.637. The molecule has 1 fully saturated rings. The van der Waals surface area contributed by atoms with Crippen molar-refractivity contribution in [3.63, 3.8) is 0 Å². The molecule has 2 aromatic carbocycles. The minimum atomic E-state index is -0.446. The van der Waals surface area contributed by atoms with Gasteiger partial charge in [-0.2, -0.15) is 5.26 Å². The molecule has 0 aromatic heterocycles. The number of hydrogen-bond acceptors (Lipinski definition) is 3. The highest BCUT2D eigenvalue weighted by Gasteiger charge is 2.18. The van der Waals surface area contributed by atoms with Crippen LogP contribution in [0.3, 0.4) is 0 Å². The van der Waals surface area contributed by atoms with Crippen molar-refractivity contribution in [1.29, 1.82) is 5.26 Å². The van der Waals surface area contributed by atoms with E-state index in [9.17, 15) is 10.1 Å². The summed E-state index contributed by atoms with van der Waals surface area (Å²) >= 11 is 6.40. The maximum atomic E-state index is 12.1. The molecule has 0 aliphatic heterocycles. The lowest BCUT2D eigenvalue weighted by Crippen LogP contribution is -2.24. The first kappa shape index (κ1) is 19.4. The van der Waals surface area contributed by atoms with Crippen LogP contribution in [0.5, 0.6) is 0 Å². The fraction of sp³-hybridized carbons (Fsp3) is 0.364. The Balaban J connectivity index is 1.62. The molecule has 0 spiro atoms. The summed E-state index contributed by atoms with van der Waals surface area (Å²) in [6.07, 6.45) is 5.85. The summed E-state index contributed by atoms with van der Waals surface area (Å²) < 4.78 is 5.70. The van der Waals surface area contributed by atoms with Crippen LogP contribution in [0.4, 0.5) is 5.69 Å². The molecule has 0 bridgehead atoms. The largest absolute Gasteiger partial charge is 0.368 e. The number of hydrogen-bond donors (Lipinski definition) is 1. The zero-order valence-corrected chi connectivity index (χ0v) is 15.9. The number of halogens is 1. The van der Waals surface area contributed by atoms with Crippen LogP contribution in [0.1, 0.15) is 49.1 Å². The fourth-order valence-electron chi connectivity index (χ4n) is 3.43. The van der Waals surface area contributed by atoms with Gasteiger partial charge in [0.15, 0.2) is 0 Å². The predicted octanol–water partition coefficient (Wildman–Crippen LogP) is 5.28. The summed E-state index contributed by atoms with van der Waals surface area (Å²) in [6, 6.07) is 17.1. The van der Waals surface area contributed by atoms with Gasteiger partial charge in [-0.15, -0.1) is 0 Å². The molecule has 4 nitrogen and oxygen atoms in total. The molecular formula is C22H23ClN2O2. The number of benzene rings is 2. The molecule has 5 heteroatoms. The van der Waals surface area contributed by atoms with E-state index in [1.807, 2.05) is 30.3 Å². The monoisotopic (exact) mass is 382 g/mol. The molecule has 3 rings (SSSR count). The topological polar surface area (TPSA) is 62.1 Å². The second kappa shape index (κ2) is 9.55. The minimum Gasteiger partial charge on any atom is -0.368 e. The lowest BCUT2D eigenvalue weighted by molar-refractivity contribution is -0.123. The average Bonchev–Trinajstić information content (AvgIpc) is 2.70. The van der Waals surface area contributed by atoms with Gasteiger partial charge >= 0.3 is 0 Å². The molecule has 0 heterocycles. The van der Waals surface area contributed by atoms with Crippen LogP contribution in [0.25, 0.3) is 0 Å². The van der Waals surface area contributed by atoms with Gasteiger partial charge in [0.05, 0.1) is 18.1 Å². The third-order valence-electron chi connectivity index (χ3n) is 4.86. The molecule has 1 unspecified atom stereocenters. The summed E-state index contributed by atoms with van der Waals surface area (Å²) in [7, 11) is 0. The van der Waals surface area contributed by atoms with Crippen molar-refractivity contribution in [3.8, 4) is 6.07 Å². The molecule has 1 amide bonds. The number of nitriles is 1. The second-order valence-corrected chi connectivity index (χ2v) is 7.24. The highest BCUT2D eigenvalue weighted by atomic mass is 35.5. The normalized spacial score (nSPS) is 15.7. The van der Waals surface area contributed by atoms with Crippen LogP contribution in [-0.2, 0) is 9.53 Å². The van der Waals surface area contributed by atoms with Crippen molar-refractivity contribution >= 4 is 23.2 Å². The third kappa shape index (κ3) is 5.32. The number of nitrogens with zero attached hydrogens (tertiary/aromatic N) is 1. The van der Waals surface area contributed by atoms with Crippen LogP contribution in [0, 0.1) is 11.3 Å². The number of nitrogens with one attached hydrogen (secondary N) is 1. The van der Waals surface area contributed by atoms with Crippen LogP contribution < -0.4 is 5.32 Å². The molecule has 140 valence electrons. The van der Waals surface area contributed by atoms with Gasteiger partial charge in [-0.25, -0.2) is 0 Å². The number of anilines is 1. The van der Waals surface area contributed by atoms with E-state index in [0.717, 1.165) is 24.0 Å². The fourth-order valence-corrected chi connectivity index (χ4v) is 3.72. The van der Waals surface area contributed by atoms with Gasteiger partial charge in [-0.05, 0) is 36.1 Å². The highest BCUT2D eigenvalue weighted by Crippen LogP contribution is 2.31. The Bertz CT molecular complexity index is 811. The number of carbonyl (C=O) groups is 1. The van der Waals surface area contributed by atoms with Crippen molar-refractivity contribution in [1.82, 2.24) is 0 Å². The number of amides is 1. The van der Waals surface area contributed by atoms with E-state index in [-0.39, 0.29) is 18.6 Å². The van der Waals surface area contributed by atoms with E-state index >= 15 is 0 Å². The summed E-state index contributed by atoms with van der Waals surface area (Å²) in [5, 5.41) is 12.8. The van der Waals surface area contributed by atoms with Gasteiger partial charge in [0, 0.05) is 10.7 Å². The molecule has 0 saturated heterocycles. The van der Waals surface area contributed by atoms with E-state index in [0.29, 0.717) is 10.7 Å². The number of ether oxygens (including phenoxy) is 1. The van der Waals surface area contributed by atoms with E-state index in [1.165, 1.54) is 19.3 Å². The molecule has 2 aromatic rings. The van der Waals surface area contributed by atoms with Gasteiger partial charge in [0.1, 0.15) is 6.61 Å². The first-order chi connectivity index (χ1) is 13.2. The Kier molecular flexibility index (Phi) is 6.86. The number of rotatable bonds is 6. The Morgan fingerprint density at radius 1 is 1.19 bits per heavy atom. The second-order valence-electron chi connectivity index (χ2n) is 6.83. The zero-order chi connectivity index (χ0) is 19.1. The van der Waals surface area contributed by atoms with E-state index in [4.69, 9.17) is 16.3 Å². The molecule has 1 aliphatic rings. The van der Waals surface area contributed by atoms with Crippen LogP contribution in [-0.4, -0.2) is 18.6 Å². The molecular weight excluding hydrogens is 360 g/mol. The van der Waals surface area contributed by atoms with Gasteiger partial charge in [0.25, 0.3) is 0 Å². The maximum Gasteiger partial charge on any atom is 0.250 e. The van der Waals surface area contributed by atoms with Crippen LogP contribution in [0.15, 0.2) is 48.5 Å². The summed E-state index contributed by atoms with van der Waals surface area (Å²) in [5.41, 5.74) is 2.21. The van der Waals surface area contributed by atoms with Gasteiger partial charge in [0.2, 0.25) is 5.91 Å². The lowest BCUT2D eigenvalue weighted by atomic mass is 9.92. The van der Waals surface area contributed by atoms with Crippen LogP contribution in [0.2, 0.25) is 5.02 Å². The predicted molar refractivity (Wildman–Crippen MR) is 107 cm³/mol. The Morgan fingerprint density at radius 2 is 1.93 bits per heavy atom. The Morgan fingerprint density at radius 3 is 2.59 bits per heavy atom. The van der Waals surface area contributed by atoms with Crippen molar-refractivity contribution in [3.05, 3.63) is 64.7 Å². The Labute approximate surface area is 165 Å². The smallest absolute Gasteiger partial charge is 0.250 e. The molecule has 1 N–H and O–H groups in total. The highest BCUT2D eigenvalue weighted by molar-refractivity contribution is 6.31. The first-order valence-electron chi connectivity index (χ1n) is 9.33. The molecule has 0 radical (unpaired) electrons. The van der Waals surface area contributed by atoms with E-state index < -0.39 is 5.92 Å². The van der Waals surface area contributed by atoms with E-state index in [1.54, 1.807) is 18.2 Å². The minimum absolute atomic E-state index is 0.0505. The summed E-state index contributed by atoms with van der Waals surface area (Å²) in [6.45, 7) is 0.0505. The van der Waals surface area contributed by atoms with Crippen LogP contribution >= 0.6 is 11.6 Å². The molecule has 1 atom stereocenters. The van der Waals surface area contributed by atoms with Gasteiger partial charge in [-0.3, -0.25) is 4.79 Å². The maximum absolute atomic E-state index is 12.1. The SMILES string of the molecule is N#CC(c1ccccc1)c1ccc(NC(=O)COC2CCCCC2)cc1Cl. The van der Waals surface area contributed by atoms with Crippen molar-refractivity contribution in [2.24, 2.45) is 0 Å². The van der Waals surface area contributed by atoms with Crippen molar-refractivity contribution in [2.75, 3.05) is 11.9 Å². The van der Waals surface area contributed by atoms with Crippen molar-refractivity contribution in [2.45, 2.75) is 44.1 Å². The summed E-state index contributed by atoms with van der Waals surface area (Å²) in [4.78, 5) is 12.1. The van der Waals surface area contributed by atoms with Crippen molar-refractivity contribution < 1.29 is 9.53 Å². The third-order valence-corrected chi connectivity index (χ3v) is 5.19. The van der Waals surface area contributed by atoms with Gasteiger partial charge < -0.3 is 10.1 Å². The molecule has 1 aliphatic carbocycles. The first-order valence-corrected chi connectivity index (χ1v) is 9.70. The molecule has 27 heavy (non-hydrogen) atoms. The zero-order valence-electron chi connectivity index (χ0n) is 15.2. The average molecular weight is 383 g/mol. The number of carbonyl (C=O) groups excluding carboxylic acids is 1. The van der Waals surface area contributed by atoms with E-state index in [2.05, 4.69) is 11.4 Å². The standard InChI is InChI=1S/C22H23ClN2O2/c23-21-13-17(25-22(26)15-27-18-9-5-2-6-10-18)11-12-19(21)20(14-24)16-7-3-1-4-8-16/h1,3-4,7-8,11-13,18,20H,2,5-6,9-10,15H2,(H,25,26). The quantitative estimate of drug-likeness (QED) is 0.738. The molecule has 1 saturated carbocycles. The lowest BCUT2D eigenvalue weighted by Gasteiger charge is -2.21. The Hall–Kier alpha value is -2.35. The van der Waals surface area contributed by atoms with Gasteiger partial charge in [-0.1, -0.05) is 67.3 Å².